The standard InChI is InChI=1S/C24H19N5O3/c1-32-18-9-5-8-17(12-18)26-23(30)14-28-24(31)22-13-21(27-29(22)15-25-28)20-11-4-7-16-6-2-3-10-19(16)20/h2-13,15H,14H2,1H3,(H,26,30). The summed E-state index contributed by atoms with van der Waals surface area (Å²) in [6.45, 7) is -0.221. The Labute approximate surface area is 182 Å². The molecule has 0 atom stereocenters. The Morgan fingerprint density at radius 3 is 2.72 bits per heavy atom. The Morgan fingerprint density at radius 1 is 1.03 bits per heavy atom. The lowest BCUT2D eigenvalue weighted by Gasteiger charge is -2.08. The summed E-state index contributed by atoms with van der Waals surface area (Å²) in [7, 11) is 1.55. The molecule has 1 N–H and O–H groups in total. The van der Waals surface area contributed by atoms with Gasteiger partial charge in [-0.3, -0.25) is 9.59 Å². The summed E-state index contributed by atoms with van der Waals surface area (Å²) >= 11 is 0. The van der Waals surface area contributed by atoms with Gasteiger partial charge >= 0.3 is 0 Å². The van der Waals surface area contributed by atoms with Crippen LogP contribution in [0.2, 0.25) is 0 Å². The molecule has 158 valence electrons. The first-order chi connectivity index (χ1) is 15.6. The minimum atomic E-state index is -0.396. The highest BCUT2D eigenvalue weighted by Gasteiger charge is 2.14. The van der Waals surface area contributed by atoms with Crippen LogP contribution >= 0.6 is 0 Å². The number of nitrogens with one attached hydrogen (secondary N) is 1. The van der Waals surface area contributed by atoms with E-state index >= 15 is 0 Å². The zero-order valence-corrected chi connectivity index (χ0v) is 17.2. The van der Waals surface area contributed by atoms with Crippen molar-refractivity contribution in [3.63, 3.8) is 0 Å². The number of fused-ring (bicyclic) bond motifs is 2. The van der Waals surface area contributed by atoms with Crippen LogP contribution in [0.25, 0.3) is 27.5 Å². The molecule has 0 saturated carbocycles. The number of carbonyl (C=O) groups is 1. The first-order valence-corrected chi connectivity index (χ1v) is 10.00. The number of nitrogens with zero attached hydrogens (tertiary/aromatic N) is 4. The largest absolute Gasteiger partial charge is 0.497 e. The van der Waals surface area contributed by atoms with Crippen LogP contribution in [-0.4, -0.2) is 32.4 Å². The van der Waals surface area contributed by atoms with Gasteiger partial charge in [0.2, 0.25) is 5.91 Å². The molecule has 5 aromatic rings. The van der Waals surface area contributed by atoms with E-state index in [2.05, 4.69) is 15.5 Å². The average Bonchev–Trinajstić information content (AvgIpc) is 3.25. The SMILES string of the molecule is COc1cccc(NC(=O)Cn2ncn3nc(-c4cccc5ccccc45)cc3c2=O)c1. The van der Waals surface area contributed by atoms with Gasteiger partial charge in [-0.1, -0.05) is 48.5 Å². The molecule has 2 aromatic heterocycles. The Kier molecular flexibility index (Phi) is 4.87. The highest BCUT2D eigenvalue weighted by atomic mass is 16.5. The van der Waals surface area contributed by atoms with Gasteiger partial charge in [0.15, 0.2) is 0 Å². The van der Waals surface area contributed by atoms with Crippen molar-refractivity contribution in [2.24, 2.45) is 0 Å². The molecule has 0 saturated heterocycles. The van der Waals surface area contributed by atoms with Gasteiger partial charge in [0.1, 0.15) is 24.1 Å². The predicted octanol–water partition coefficient (Wildman–Crippen LogP) is 3.36. The second kappa shape index (κ2) is 7.99. The third kappa shape index (κ3) is 3.58. The van der Waals surface area contributed by atoms with Gasteiger partial charge in [-0.2, -0.15) is 10.2 Å². The maximum Gasteiger partial charge on any atom is 0.293 e. The smallest absolute Gasteiger partial charge is 0.293 e. The third-order valence-electron chi connectivity index (χ3n) is 5.20. The Balaban J connectivity index is 1.45. The van der Waals surface area contributed by atoms with E-state index in [1.165, 1.54) is 10.8 Å². The van der Waals surface area contributed by atoms with Crippen LogP contribution in [0.4, 0.5) is 5.69 Å². The highest BCUT2D eigenvalue weighted by Crippen LogP contribution is 2.27. The van der Waals surface area contributed by atoms with Crippen LogP contribution in [0.3, 0.4) is 0 Å². The van der Waals surface area contributed by atoms with Crippen molar-refractivity contribution in [1.29, 1.82) is 0 Å². The Bertz CT molecular complexity index is 1510. The molecule has 2 heterocycles. The topological polar surface area (TPSA) is 90.5 Å². The molecule has 3 aromatic carbocycles. The second-order valence-electron chi connectivity index (χ2n) is 7.26. The van der Waals surface area contributed by atoms with Crippen molar-refractivity contribution in [2.75, 3.05) is 12.4 Å². The van der Waals surface area contributed by atoms with E-state index in [1.807, 2.05) is 42.5 Å². The summed E-state index contributed by atoms with van der Waals surface area (Å²) in [6.07, 6.45) is 1.43. The summed E-state index contributed by atoms with van der Waals surface area (Å²) in [6, 6.07) is 22.7. The molecule has 5 rings (SSSR count). The maximum atomic E-state index is 13.0. The highest BCUT2D eigenvalue weighted by molar-refractivity contribution is 5.96. The van der Waals surface area contributed by atoms with Gasteiger partial charge in [-0.25, -0.2) is 9.20 Å². The van der Waals surface area contributed by atoms with E-state index in [9.17, 15) is 9.59 Å². The predicted molar refractivity (Wildman–Crippen MR) is 122 cm³/mol. The fourth-order valence-corrected chi connectivity index (χ4v) is 3.67. The van der Waals surface area contributed by atoms with Gasteiger partial charge in [-0.05, 0) is 29.0 Å². The van der Waals surface area contributed by atoms with Gasteiger partial charge in [-0.15, -0.1) is 0 Å². The van der Waals surface area contributed by atoms with Crippen LogP contribution in [0.1, 0.15) is 0 Å². The van der Waals surface area contributed by atoms with Gasteiger partial charge in [0.05, 0.1) is 12.8 Å². The lowest BCUT2D eigenvalue weighted by atomic mass is 10.0. The number of hydrogen-bond donors (Lipinski definition) is 1. The number of hydrogen-bond acceptors (Lipinski definition) is 5. The minimum absolute atomic E-state index is 0.221. The van der Waals surface area contributed by atoms with Crippen LogP contribution in [-0.2, 0) is 11.3 Å². The number of rotatable bonds is 5. The van der Waals surface area contributed by atoms with E-state index in [0.717, 1.165) is 21.0 Å². The Morgan fingerprint density at radius 2 is 1.84 bits per heavy atom. The fraction of sp³-hybridized carbons (Fsp3) is 0.0833. The quantitative estimate of drug-likeness (QED) is 0.466. The molecule has 8 nitrogen and oxygen atoms in total. The van der Waals surface area contributed by atoms with E-state index < -0.39 is 5.56 Å². The van der Waals surface area contributed by atoms with Gasteiger partial charge < -0.3 is 10.1 Å². The van der Waals surface area contributed by atoms with Crippen LogP contribution in [0.5, 0.6) is 5.75 Å². The van der Waals surface area contributed by atoms with E-state index in [1.54, 1.807) is 37.4 Å². The summed E-state index contributed by atoms with van der Waals surface area (Å²) in [5, 5.41) is 13.5. The molecule has 1 amide bonds. The summed E-state index contributed by atoms with van der Waals surface area (Å²) < 4.78 is 7.72. The second-order valence-corrected chi connectivity index (χ2v) is 7.26. The van der Waals surface area contributed by atoms with Crippen molar-refractivity contribution >= 4 is 27.9 Å². The average molecular weight is 425 g/mol. The first kappa shape index (κ1) is 19.5. The molecule has 0 radical (unpaired) electrons. The molecular weight excluding hydrogens is 406 g/mol. The number of benzene rings is 3. The molecule has 0 aliphatic carbocycles. The Hall–Kier alpha value is -4.46. The maximum absolute atomic E-state index is 13.0. The number of amides is 1. The van der Waals surface area contributed by atoms with E-state index in [0.29, 0.717) is 22.6 Å². The minimum Gasteiger partial charge on any atom is -0.497 e. The zero-order valence-electron chi connectivity index (χ0n) is 17.2. The summed E-state index contributed by atoms with van der Waals surface area (Å²) in [5.74, 6) is 0.255. The molecule has 0 spiro atoms. The third-order valence-corrected chi connectivity index (χ3v) is 5.20. The summed E-state index contributed by atoms with van der Waals surface area (Å²) in [4.78, 5) is 25.4. The number of ether oxygens (including phenoxy) is 1. The monoisotopic (exact) mass is 425 g/mol. The lowest BCUT2D eigenvalue weighted by Crippen LogP contribution is -2.30. The molecule has 0 aliphatic rings. The number of methoxy groups -OCH3 is 1. The summed E-state index contributed by atoms with van der Waals surface area (Å²) in [5.41, 5.74) is 2.11. The van der Waals surface area contributed by atoms with Crippen molar-refractivity contribution in [2.45, 2.75) is 6.54 Å². The molecule has 0 bridgehead atoms. The molecule has 0 aliphatic heterocycles. The van der Waals surface area contributed by atoms with Crippen LogP contribution in [0, 0.1) is 0 Å². The molecule has 0 unspecified atom stereocenters. The van der Waals surface area contributed by atoms with E-state index in [-0.39, 0.29) is 12.5 Å². The van der Waals surface area contributed by atoms with E-state index in [4.69, 9.17) is 4.74 Å². The fourth-order valence-electron chi connectivity index (χ4n) is 3.67. The van der Waals surface area contributed by atoms with Gasteiger partial charge in [0, 0.05) is 17.3 Å². The van der Waals surface area contributed by atoms with Crippen LogP contribution in [0.15, 0.2) is 83.9 Å². The molecule has 8 heteroatoms. The molecule has 32 heavy (non-hydrogen) atoms. The molecule has 0 fully saturated rings. The van der Waals surface area contributed by atoms with Crippen molar-refractivity contribution in [3.05, 3.63) is 89.5 Å². The lowest BCUT2D eigenvalue weighted by molar-refractivity contribution is -0.117. The number of carbonyl (C=O) groups excluding carboxylic acids is 1. The van der Waals surface area contributed by atoms with Crippen molar-refractivity contribution < 1.29 is 9.53 Å². The van der Waals surface area contributed by atoms with Crippen LogP contribution < -0.4 is 15.6 Å². The first-order valence-electron chi connectivity index (χ1n) is 10.00. The zero-order chi connectivity index (χ0) is 22.1. The van der Waals surface area contributed by atoms with Crippen molar-refractivity contribution in [3.8, 4) is 17.0 Å². The number of anilines is 1. The van der Waals surface area contributed by atoms with Crippen molar-refractivity contribution in [1.82, 2.24) is 19.4 Å². The van der Waals surface area contributed by atoms with Gasteiger partial charge in [0.25, 0.3) is 5.56 Å². The number of aromatic nitrogens is 4. The molecular formula is C24H19N5O3. The normalized spacial score (nSPS) is 11.0.